The highest BCUT2D eigenvalue weighted by molar-refractivity contribution is 9.10. The second kappa shape index (κ2) is 4.96. The summed E-state index contributed by atoms with van der Waals surface area (Å²) in [4.78, 5) is 0. The number of hydrogen-bond donors (Lipinski definition) is 1. The minimum absolute atomic E-state index is 0.473. The van der Waals surface area contributed by atoms with Gasteiger partial charge >= 0.3 is 0 Å². The third-order valence-corrected chi connectivity index (χ3v) is 3.11. The van der Waals surface area contributed by atoms with Gasteiger partial charge in [0, 0.05) is 12.6 Å². The van der Waals surface area contributed by atoms with Crippen molar-refractivity contribution in [3.63, 3.8) is 0 Å². The number of rotatable bonds is 3. The van der Waals surface area contributed by atoms with Gasteiger partial charge in [0.2, 0.25) is 0 Å². The van der Waals surface area contributed by atoms with Crippen molar-refractivity contribution in [2.45, 2.75) is 25.4 Å². The third-order valence-electron chi connectivity index (χ3n) is 2.40. The van der Waals surface area contributed by atoms with Crippen LogP contribution in [0.3, 0.4) is 0 Å². The fraction of sp³-hybridized carbons (Fsp3) is 0.600. The summed E-state index contributed by atoms with van der Waals surface area (Å²) in [5.74, 6) is 0.954. The van der Waals surface area contributed by atoms with E-state index in [0.29, 0.717) is 6.04 Å². The van der Waals surface area contributed by atoms with Gasteiger partial charge in [0.15, 0.2) is 0 Å². The molecule has 1 N–H and O–H groups in total. The number of hydrogen-bond acceptors (Lipinski definition) is 3. The Morgan fingerprint density at radius 2 is 2.50 bits per heavy atom. The summed E-state index contributed by atoms with van der Waals surface area (Å²) < 4.78 is 11.7. The maximum absolute atomic E-state index is 5.38. The Balaban J connectivity index is 1.79. The summed E-state index contributed by atoms with van der Waals surface area (Å²) in [6.45, 7) is 2.49. The first-order valence-corrected chi connectivity index (χ1v) is 5.68. The molecule has 1 aromatic rings. The van der Waals surface area contributed by atoms with E-state index >= 15 is 0 Å². The number of halogens is 1. The van der Waals surface area contributed by atoms with Crippen molar-refractivity contribution < 1.29 is 9.15 Å². The predicted octanol–water partition coefficient (Wildman–Crippen LogP) is 2.31. The Bertz CT molecular complexity index is 281. The lowest BCUT2D eigenvalue weighted by atomic mass is 10.1. The van der Waals surface area contributed by atoms with E-state index in [4.69, 9.17) is 9.15 Å². The van der Waals surface area contributed by atoms with Crippen LogP contribution in [0.1, 0.15) is 18.6 Å². The number of ether oxygens (including phenoxy) is 1. The molecule has 1 saturated heterocycles. The summed E-state index contributed by atoms with van der Waals surface area (Å²) in [6.07, 6.45) is 4.04. The number of nitrogens with one attached hydrogen (secondary N) is 1. The zero-order chi connectivity index (χ0) is 9.80. The highest BCUT2D eigenvalue weighted by atomic mass is 79.9. The molecule has 1 aliphatic rings. The largest absolute Gasteiger partial charge is 0.467 e. The van der Waals surface area contributed by atoms with Crippen molar-refractivity contribution in [1.29, 1.82) is 0 Å². The van der Waals surface area contributed by atoms with Gasteiger partial charge in [-0.2, -0.15) is 0 Å². The van der Waals surface area contributed by atoms with E-state index in [2.05, 4.69) is 21.2 Å². The van der Waals surface area contributed by atoms with Gasteiger partial charge in [-0.05, 0) is 34.8 Å². The van der Waals surface area contributed by atoms with E-state index in [-0.39, 0.29) is 0 Å². The van der Waals surface area contributed by atoms with Crippen molar-refractivity contribution in [2.75, 3.05) is 13.2 Å². The molecular formula is C10H14BrNO2. The molecule has 0 saturated carbocycles. The van der Waals surface area contributed by atoms with Crippen LogP contribution in [-0.4, -0.2) is 19.3 Å². The molecule has 2 rings (SSSR count). The quantitative estimate of drug-likeness (QED) is 0.905. The second-order valence-corrected chi connectivity index (χ2v) is 4.34. The molecule has 0 amide bonds. The average Bonchev–Trinajstić information content (AvgIpc) is 2.63. The highest BCUT2D eigenvalue weighted by Crippen LogP contribution is 2.17. The van der Waals surface area contributed by atoms with E-state index in [9.17, 15) is 0 Å². The first-order valence-electron chi connectivity index (χ1n) is 4.89. The Labute approximate surface area is 91.9 Å². The molecular weight excluding hydrogens is 246 g/mol. The topological polar surface area (TPSA) is 34.4 Å². The first kappa shape index (κ1) is 10.2. The molecule has 4 heteroatoms. The van der Waals surface area contributed by atoms with Gasteiger partial charge < -0.3 is 14.5 Å². The van der Waals surface area contributed by atoms with Crippen LogP contribution in [0.15, 0.2) is 21.2 Å². The molecule has 0 bridgehead atoms. The Morgan fingerprint density at radius 1 is 1.57 bits per heavy atom. The van der Waals surface area contributed by atoms with Gasteiger partial charge in [0.1, 0.15) is 5.76 Å². The molecule has 1 aliphatic heterocycles. The van der Waals surface area contributed by atoms with Crippen LogP contribution in [0.25, 0.3) is 0 Å². The van der Waals surface area contributed by atoms with Crippen LogP contribution >= 0.6 is 15.9 Å². The summed E-state index contributed by atoms with van der Waals surface area (Å²) in [5.41, 5.74) is 0. The minimum atomic E-state index is 0.473. The fourth-order valence-corrected chi connectivity index (χ4v) is 1.93. The Hall–Kier alpha value is -0.320. The zero-order valence-electron chi connectivity index (χ0n) is 7.96. The molecule has 0 aliphatic carbocycles. The van der Waals surface area contributed by atoms with Crippen LogP contribution < -0.4 is 5.32 Å². The maximum Gasteiger partial charge on any atom is 0.131 e. The van der Waals surface area contributed by atoms with Gasteiger partial charge in [-0.3, -0.25) is 0 Å². The zero-order valence-corrected chi connectivity index (χ0v) is 9.55. The molecule has 1 atom stereocenters. The van der Waals surface area contributed by atoms with E-state index in [1.54, 1.807) is 6.26 Å². The van der Waals surface area contributed by atoms with Gasteiger partial charge in [-0.15, -0.1) is 0 Å². The average molecular weight is 260 g/mol. The normalized spacial score (nSPS) is 22.5. The lowest BCUT2D eigenvalue weighted by Gasteiger charge is -2.22. The molecule has 1 unspecified atom stereocenters. The van der Waals surface area contributed by atoms with E-state index in [0.717, 1.165) is 36.4 Å². The molecule has 1 aromatic heterocycles. The van der Waals surface area contributed by atoms with Crippen molar-refractivity contribution in [3.05, 3.63) is 22.6 Å². The molecule has 3 nitrogen and oxygen atoms in total. The minimum Gasteiger partial charge on any atom is -0.467 e. The molecule has 14 heavy (non-hydrogen) atoms. The summed E-state index contributed by atoms with van der Waals surface area (Å²) >= 11 is 3.43. The summed E-state index contributed by atoms with van der Waals surface area (Å²) in [6, 6.07) is 2.38. The predicted molar refractivity (Wildman–Crippen MR) is 57.1 cm³/mol. The van der Waals surface area contributed by atoms with E-state index in [1.165, 1.54) is 6.42 Å². The standard InChI is InChI=1S/C10H14BrNO2/c11-9-3-5-14-10(9)6-12-8-2-1-4-13-7-8/h3,5,8,12H,1-2,4,6-7H2. The number of furan rings is 1. The maximum atomic E-state index is 5.38. The van der Waals surface area contributed by atoms with Crippen LogP contribution in [0.2, 0.25) is 0 Å². The van der Waals surface area contributed by atoms with Crippen LogP contribution in [-0.2, 0) is 11.3 Å². The monoisotopic (exact) mass is 259 g/mol. The Morgan fingerprint density at radius 3 is 3.14 bits per heavy atom. The van der Waals surface area contributed by atoms with Crippen LogP contribution in [0.4, 0.5) is 0 Å². The van der Waals surface area contributed by atoms with Crippen molar-refractivity contribution in [2.24, 2.45) is 0 Å². The lowest BCUT2D eigenvalue weighted by Crippen LogP contribution is -2.36. The second-order valence-electron chi connectivity index (χ2n) is 3.49. The molecule has 0 spiro atoms. The summed E-state index contributed by atoms with van der Waals surface area (Å²) in [7, 11) is 0. The van der Waals surface area contributed by atoms with E-state index < -0.39 is 0 Å². The van der Waals surface area contributed by atoms with Crippen molar-refractivity contribution in [3.8, 4) is 0 Å². The van der Waals surface area contributed by atoms with Crippen LogP contribution in [0, 0.1) is 0 Å². The Kier molecular flexibility index (Phi) is 3.61. The third kappa shape index (κ3) is 2.59. The fourth-order valence-electron chi connectivity index (χ4n) is 1.59. The van der Waals surface area contributed by atoms with Gasteiger partial charge in [0.25, 0.3) is 0 Å². The molecule has 0 aromatic carbocycles. The molecule has 2 heterocycles. The smallest absolute Gasteiger partial charge is 0.131 e. The van der Waals surface area contributed by atoms with Gasteiger partial charge in [-0.1, -0.05) is 0 Å². The van der Waals surface area contributed by atoms with Crippen molar-refractivity contribution in [1.82, 2.24) is 5.32 Å². The van der Waals surface area contributed by atoms with Crippen LogP contribution in [0.5, 0.6) is 0 Å². The van der Waals surface area contributed by atoms with Gasteiger partial charge in [0.05, 0.1) is 23.9 Å². The van der Waals surface area contributed by atoms with E-state index in [1.807, 2.05) is 6.07 Å². The van der Waals surface area contributed by atoms with Gasteiger partial charge in [-0.25, -0.2) is 0 Å². The molecule has 1 fully saturated rings. The summed E-state index contributed by atoms with van der Waals surface area (Å²) in [5, 5.41) is 3.42. The van der Waals surface area contributed by atoms with Crippen molar-refractivity contribution >= 4 is 15.9 Å². The SMILES string of the molecule is Brc1ccoc1CNC1CCCOC1. The highest BCUT2D eigenvalue weighted by Gasteiger charge is 2.14. The lowest BCUT2D eigenvalue weighted by molar-refractivity contribution is 0.0693. The molecule has 0 radical (unpaired) electrons. The first-order chi connectivity index (χ1) is 6.86. The molecule has 78 valence electrons.